The summed E-state index contributed by atoms with van der Waals surface area (Å²) >= 11 is 0. The molecule has 1 aromatic heterocycles. The molecule has 0 saturated heterocycles. The lowest BCUT2D eigenvalue weighted by Crippen LogP contribution is -2.05. The molecule has 0 saturated carbocycles. The zero-order valence-corrected chi connectivity index (χ0v) is 9.84. The summed E-state index contributed by atoms with van der Waals surface area (Å²) < 4.78 is 1.94. The molecule has 0 atom stereocenters. The SMILES string of the molecule is Cc1c(Cc2nccn2C)cccc1C(=O)O. The zero-order valence-electron chi connectivity index (χ0n) is 9.84. The molecule has 2 rings (SSSR count). The molecule has 0 amide bonds. The van der Waals surface area contributed by atoms with E-state index in [0.29, 0.717) is 12.0 Å². The molecule has 4 nitrogen and oxygen atoms in total. The number of hydrogen-bond acceptors (Lipinski definition) is 2. The number of aryl methyl sites for hydroxylation is 1. The molecule has 0 unspecified atom stereocenters. The molecular weight excluding hydrogens is 216 g/mol. The molecule has 0 aliphatic heterocycles. The normalized spacial score (nSPS) is 10.5. The highest BCUT2D eigenvalue weighted by Gasteiger charge is 2.11. The average molecular weight is 230 g/mol. The summed E-state index contributed by atoms with van der Waals surface area (Å²) in [6.07, 6.45) is 4.27. The summed E-state index contributed by atoms with van der Waals surface area (Å²) in [6, 6.07) is 5.34. The van der Waals surface area contributed by atoms with Crippen LogP contribution in [0.4, 0.5) is 0 Å². The summed E-state index contributed by atoms with van der Waals surface area (Å²) in [5.74, 6) is 0.0415. The van der Waals surface area contributed by atoms with Gasteiger partial charge in [0.2, 0.25) is 0 Å². The summed E-state index contributed by atoms with van der Waals surface area (Å²) in [7, 11) is 1.93. The Balaban J connectivity index is 2.37. The van der Waals surface area contributed by atoms with Crippen LogP contribution >= 0.6 is 0 Å². The number of nitrogens with zero attached hydrogens (tertiary/aromatic N) is 2. The van der Waals surface area contributed by atoms with E-state index in [0.717, 1.165) is 17.0 Å². The van der Waals surface area contributed by atoms with Crippen LogP contribution in [-0.4, -0.2) is 20.6 Å². The molecule has 0 aliphatic carbocycles. The molecule has 4 heteroatoms. The third kappa shape index (κ3) is 2.20. The topological polar surface area (TPSA) is 55.1 Å². The predicted octanol–water partition coefficient (Wildman–Crippen LogP) is 2.02. The maximum atomic E-state index is 11.0. The van der Waals surface area contributed by atoms with Gasteiger partial charge in [0, 0.05) is 25.9 Å². The smallest absolute Gasteiger partial charge is 0.335 e. The van der Waals surface area contributed by atoms with Crippen LogP contribution in [0.3, 0.4) is 0 Å². The van der Waals surface area contributed by atoms with Gasteiger partial charge in [-0.1, -0.05) is 12.1 Å². The second-order valence-electron chi connectivity index (χ2n) is 4.03. The van der Waals surface area contributed by atoms with Gasteiger partial charge in [-0.05, 0) is 24.1 Å². The van der Waals surface area contributed by atoms with Crippen molar-refractivity contribution in [3.05, 3.63) is 53.1 Å². The Morgan fingerprint density at radius 1 is 1.47 bits per heavy atom. The predicted molar refractivity (Wildman–Crippen MR) is 64.2 cm³/mol. The largest absolute Gasteiger partial charge is 0.478 e. The van der Waals surface area contributed by atoms with Crippen LogP contribution in [0.1, 0.15) is 27.3 Å². The number of rotatable bonds is 3. The molecule has 0 radical (unpaired) electrons. The van der Waals surface area contributed by atoms with Crippen molar-refractivity contribution in [3.8, 4) is 0 Å². The van der Waals surface area contributed by atoms with E-state index in [1.54, 1.807) is 18.3 Å². The Morgan fingerprint density at radius 2 is 2.24 bits per heavy atom. The maximum Gasteiger partial charge on any atom is 0.335 e. The number of benzene rings is 1. The van der Waals surface area contributed by atoms with Crippen molar-refractivity contribution in [2.45, 2.75) is 13.3 Å². The highest BCUT2D eigenvalue weighted by molar-refractivity contribution is 5.89. The zero-order chi connectivity index (χ0) is 12.4. The van der Waals surface area contributed by atoms with Crippen molar-refractivity contribution in [2.75, 3.05) is 0 Å². The fraction of sp³-hybridized carbons (Fsp3) is 0.231. The second-order valence-corrected chi connectivity index (χ2v) is 4.03. The third-order valence-electron chi connectivity index (χ3n) is 2.95. The van der Waals surface area contributed by atoms with E-state index >= 15 is 0 Å². The van der Waals surface area contributed by atoms with E-state index in [1.165, 1.54) is 0 Å². The fourth-order valence-electron chi connectivity index (χ4n) is 1.84. The van der Waals surface area contributed by atoms with Gasteiger partial charge in [0.05, 0.1) is 5.56 Å². The fourth-order valence-corrected chi connectivity index (χ4v) is 1.84. The molecule has 0 bridgehead atoms. The molecule has 1 aromatic carbocycles. The first-order chi connectivity index (χ1) is 8.09. The minimum atomic E-state index is -0.885. The molecule has 17 heavy (non-hydrogen) atoms. The highest BCUT2D eigenvalue weighted by atomic mass is 16.4. The lowest BCUT2D eigenvalue weighted by molar-refractivity contribution is 0.0696. The minimum Gasteiger partial charge on any atom is -0.478 e. The van der Waals surface area contributed by atoms with Crippen LogP contribution in [0.25, 0.3) is 0 Å². The van der Waals surface area contributed by atoms with Gasteiger partial charge in [-0.15, -0.1) is 0 Å². The maximum absolute atomic E-state index is 11.0. The number of hydrogen-bond donors (Lipinski definition) is 1. The van der Waals surface area contributed by atoms with Gasteiger partial charge < -0.3 is 9.67 Å². The number of carboxylic acids is 1. The summed E-state index contributed by atoms with van der Waals surface area (Å²) in [5, 5.41) is 9.05. The molecule has 0 fully saturated rings. The van der Waals surface area contributed by atoms with Crippen LogP contribution in [0.5, 0.6) is 0 Å². The monoisotopic (exact) mass is 230 g/mol. The number of aromatic nitrogens is 2. The number of carboxylic acid groups (broad SMARTS) is 1. The van der Waals surface area contributed by atoms with Crippen LogP contribution < -0.4 is 0 Å². The Bertz CT molecular complexity index is 558. The van der Waals surface area contributed by atoms with Gasteiger partial charge in [-0.2, -0.15) is 0 Å². The van der Waals surface area contributed by atoms with Gasteiger partial charge in [-0.3, -0.25) is 0 Å². The Labute approximate surface area is 99.5 Å². The third-order valence-corrected chi connectivity index (χ3v) is 2.95. The van der Waals surface area contributed by atoms with Crippen molar-refractivity contribution >= 4 is 5.97 Å². The highest BCUT2D eigenvalue weighted by Crippen LogP contribution is 2.16. The van der Waals surface area contributed by atoms with Crippen molar-refractivity contribution in [2.24, 2.45) is 7.05 Å². The molecular formula is C13H14N2O2. The van der Waals surface area contributed by atoms with E-state index in [1.807, 2.05) is 30.8 Å². The van der Waals surface area contributed by atoms with Gasteiger partial charge >= 0.3 is 5.97 Å². The van der Waals surface area contributed by atoms with Crippen LogP contribution in [-0.2, 0) is 13.5 Å². The first-order valence-corrected chi connectivity index (χ1v) is 5.37. The summed E-state index contributed by atoms with van der Waals surface area (Å²) in [6.45, 7) is 1.84. The lowest BCUT2D eigenvalue weighted by atomic mass is 10.00. The first-order valence-electron chi connectivity index (χ1n) is 5.37. The molecule has 2 aromatic rings. The van der Waals surface area contributed by atoms with E-state index in [4.69, 9.17) is 5.11 Å². The van der Waals surface area contributed by atoms with Gasteiger partial charge in [0.1, 0.15) is 5.82 Å². The quantitative estimate of drug-likeness (QED) is 0.877. The Hall–Kier alpha value is -2.10. The van der Waals surface area contributed by atoms with Crippen molar-refractivity contribution in [1.82, 2.24) is 9.55 Å². The van der Waals surface area contributed by atoms with Crippen molar-refractivity contribution < 1.29 is 9.90 Å². The summed E-state index contributed by atoms with van der Waals surface area (Å²) in [5.41, 5.74) is 2.17. The van der Waals surface area contributed by atoms with Crippen LogP contribution in [0.2, 0.25) is 0 Å². The molecule has 88 valence electrons. The van der Waals surface area contributed by atoms with Gasteiger partial charge in [0.15, 0.2) is 0 Å². The lowest BCUT2D eigenvalue weighted by Gasteiger charge is -2.08. The standard InChI is InChI=1S/C13H14N2O2/c1-9-10(4-3-5-11(9)13(16)17)8-12-14-6-7-15(12)2/h3-7H,8H2,1-2H3,(H,16,17). The van der Waals surface area contributed by atoms with Crippen molar-refractivity contribution in [1.29, 1.82) is 0 Å². The first kappa shape index (κ1) is 11.4. The Kier molecular flexibility index (Phi) is 2.95. The molecule has 0 spiro atoms. The Morgan fingerprint density at radius 3 is 2.82 bits per heavy atom. The number of imidazole rings is 1. The van der Waals surface area contributed by atoms with E-state index in [9.17, 15) is 4.79 Å². The molecule has 0 aliphatic rings. The number of aromatic carboxylic acids is 1. The minimum absolute atomic E-state index is 0.358. The van der Waals surface area contributed by atoms with Crippen LogP contribution in [0, 0.1) is 6.92 Å². The van der Waals surface area contributed by atoms with Crippen molar-refractivity contribution in [3.63, 3.8) is 0 Å². The molecule has 1 heterocycles. The van der Waals surface area contributed by atoms with Gasteiger partial charge in [0.25, 0.3) is 0 Å². The van der Waals surface area contributed by atoms with Gasteiger partial charge in [-0.25, -0.2) is 9.78 Å². The average Bonchev–Trinajstić information content (AvgIpc) is 2.67. The number of carbonyl (C=O) groups is 1. The van der Waals surface area contributed by atoms with E-state index in [2.05, 4.69) is 4.98 Å². The van der Waals surface area contributed by atoms with Crippen LogP contribution in [0.15, 0.2) is 30.6 Å². The summed E-state index contributed by atoms with van der Waals surface area (Å²) in [4.78, 5) is 15.3. The van der Waals surface area contributed by atoms with E-state index in [-0.39, 0.29) is 0 Å². The van der Waals surface area contributed by atoms with E-state index < -0.39 is 5.97 Å². The molecule has 1 N–H and O–H groups in total. The second kappa shape index (κ2) is 4.41.